The summed E-state index contributed by atoms with van der Waals surface area (Å²) >= 11 is 0. The van der Waals surface area contributed by atoms with Crippen LogP contribution in [0.3, 0.4) is 0 Å². The molecule has 0 amide bonds. The predicted octanol–water partition coefficient (Wildman–Crippen LogP) is 0.617. The van der Waals surface area contributed by atoms with Gasteiger partial charge in [0, 0.05) is 32.0 Å². The molecular formula is C10H15N3O. The van der Waals surface area contributed by atoms with Crippen LogP contribution in [0.1, 0.15) is 11.4 Å². The van der Waals surface area contributed by atoms with Crippen LogP contribution in [0.15, 0.2) is 12.4 Å². The molecule has 14 heavy (non-hydrogen) atoms. The lowest BCUT2D eigenvalue weighted by Crippen LogP contribution is -2.35. The number of morpholine rings is 1. The normalized spacial score (nSPS) is 18.4. The van der Waals surface area contributed by atoms with Gasteiger partial charge in [-0.05, 0) is 6.92 Å². The summed E-state index contributed by atoms with van der Waals surface area (Å²) in [4.78, 5) is 10.9. The van der Waals surface area contributed by atoms with Crippen LogP contribution in [0.4, 0.5) is 0 Å². The maximum Gasteiger partial charge on any atom is 0.0730 e. The zero-order chi connectivity index (χ0) is 9.80. The molecule has 76 valence electrons. The Bertz CT molecular complexity index is 297. The molecule has 0 spiro atoms. The number of nitrogens with zero attached hydrogens (tertiary/aromatic N) is 3. The number of ether oxygens (including phenoxy) is 1. The molecule has 1 aromatic heterocycles. The van der Waals surface area contributed by atoms with Crippen molar-refractivity contribution < 1.29 is 4.74 Å². The van der Waals surface area contributed by atoms with Crippen molar-refractivity contribution in [1.82, 2.24) is 14.9 Å². The van der Waals surface area contributed by atoms with Gasteiger partial charge >= 0.3 is 0 Å². The molecule has 0 N–H and O–H groups in total. The summed E-state index contributed by atoms with van der Waals surface area (Å²) in [5, 5.41) is 0. The van der Waals surface area contributed by atoms with Gasteiger partial charge in [-0.25, -0.2) is 0 Å². The Balaban J connectivity index is 1.95. The third kappa shape index (κ3) is 2.49. The van der Waals surface area contributed by atoms with Crippen LogP contribution in [0.2, 0.25) is 0 Å². The van der Waals surface area contributed by atoms with Crippen LogP contribution in [0.25, 0.3) is 0 Å². The quantitative estimate of drug-likeness (QED) is 0.690. The maximum absolute atomic E-state index is 5.28. The number of rotatable bonds is 2. The molecular weight excluding hydrogens is 178 g/mol. The first kappa shape index (κ1) is 9.55. The van der Waals surface area contributed by atoms with Crippen LogP contribution < -0.4 is 0 Å². The minimum Gasteiger partial charge on any atom is -0.379 e. The van der Waals surface area contributed by atoms with Gasteiger partial charge in [0.05, 0.1) is 24.6 Å². The van der Waals surface area contributed by atoms with E-state index in [1.165, 1.54) is 0 Å². The molecule has 1 fully saturated rings. The van der Waals surface area contributed by atoms with Gasteiger partial charge in [0.1, 0.15) is 0 Å². The number of hydrogen-bond acceptors (Lipinski definition) is 4. The SMILES string of the molecule is Cc1cncc(CN2CCOCC2)n1. The highest BCUT2D eigenvalue weighted by atomic mass is 16.5. The first-order valence-electron chi connectivity index (χ1n) is 4.92. The van der Waals surface area contributed by atoms with E-state index in [0.29, 0.717) is 0 Å². The lowest BCUT2D eigenvalue weighted by atomic mass is 10.3. The van der Waals surface area contributed by atoms with Crippen molar-refractivity contribution in [2.45, 2.75) is 13.5 Å². The predicted molar refractivity (Wildman–Crippen MR) is 52.9 cm³/mol. The Morgan fingerprint density at radius 3 is 2.86 bits per heavy atom. The fraction of sp³-hybridized carbons (Fsp3) is 0.600. The fourth-order valence-corrected chi connectivity index (χ4v) is 1.58. The second kappa shape index (κ2) is 4.48. The molecule has 4 nitrogen and oxygen atoms in total. The molecule has 1 aromatic rings. The Morgan fingerprint density at radius 1 is 1.36 bits per heavy atom. The summed E-state index contributed by atoms with van der Waals surface area (Å²) in [7, 11) is 0. The Labute approximate surface area is 83.9 Å². The molecule has 1 aliphatic heterocycles. The molecule has 1 aliphatic rings. The van der Waals surface area contributed by atoms with E-state index in [0.717, 1.165) is 44.2 Å². The summed E-state index contributed by atoms with van der Waals surface area (Å²) in [5.41, 5.74) is 2.03. The van der Waals surface area contributed by atoms with Gasteiger partial charge in [0.15, 0.2) is 0 Å². The third-order valence-corrected chi connectivity index (χ3v) is 2.29. The van der Waals surface area contributed by atoms with E-state index in [4.69, 9.17) is 4.74 Å². The molecule has 0 saturated carbocycles. The summed E-state index contributed by atoms with van der Waals surface area (Å²) in [6.07, 6.45) is 3.62. The molecule has 0 aliphatic carbocycles. The van der Waals surface area contributed by atoms with Gasteiger partial charge in [-0.3, -0.25) is 14.9 Å². The highest BCUT2D eigenvalue weighted by molar-refractivity contribution is 5.01. The number of aromatic nitrogens is 2. The number of hydrogen-bond donors (Lipinski definition) is 0. The lowest BCUT2D eigenvalue weighted by Gasteiger charge is -2.25. The third-order valence-electron chi connectivity index (χ3n) is 2.29. The second-order valence-corrected chi connectivity index (χ2v) is 3.54. The maximum atomic E-state index is 5.28. The zero-order valence-corrected chi connectivity index (χ0v) is 8.44. The Hall–Kier alpha value is -1.00. The summed E-state index contributed by atoms with van der Waals surface area (Å²) in [6, 6.07) is 0. The van der Waals surface area contributed by atoms with Gasteiger partial charge in [-0.15, -0.1) is 0 Å². The second-order valence-electron chi connectivity index (χ2n) is 3.54. The minimum atomic E-state index is 0.833. The van der Waals surface area contributed by atoms with Gasteiger partial charge in [0.25, 0.3) is 0 Å². The standard InChI is InChI=1S/C10H15N3O/c1-9-6-11-7-10(12-9)8-13-2-4-14-5-3-13/h6-7H,2-5,8H2,1H3. The summed E-state index contributed by atoms with van der Waals surface area (Å²) < 4.78 is 5.28. The van der Waals surface area contributed by atoms with Crippen LogP contribution in [-0.2, 0) is 11.3 Å². The van der Waals surface area contributed by atoms with E-state index in [1.54, 1.807) is 6.20 Å². The molecule has 1 saturated heterocycles. The molecule has 2 rings (SSSR count). The van der Waals surface area contributed by atoms with Crippen LogP contribution >= 0.6 is 0 Å². The van der Waals surface area contributed by atoms with Crippen molar-refractivity contribution in [3.63, 3.8) is 0 Å². The smallest absolute Gasteiger partial charge is 0.0730 e. The van der Waals surface area contributed by atoms with E-state index < -0.39 is 0 Å². The van der Waals surface area contributed by atoms with E-state index in [1.807, 2.05) is 13.1 Å². The molecule has 0 radical (unpaired) electrons. The lowest BCUT2D eigenvalue weighted by molar-refractivity contribution is 0.0336. The molecule has 2 heterocycles. The van der Waals surface area contributed by atoms with Crippen LogP contribution in [-0.4, -0.2) is 41.2 Å². The Morgan fingerprint density at radius 2 is 2.14 bits per heavy atom. The zero-order valence-electron chi connectivity index (χ0n) is 8.44. The van der Waals surface area contributed by atoms with Crippen molar-refractivity contribution in [1.29, 1.82) is 0 Å². The van der Waals surface area contributed by atoms with Gasteiger partial charge < -0.3 is 4.74 Å². The van der Waals surface area contributed by atoms with Crippen molar-refractivity contribution in [2.75, 3.05) is 26.3 Å². The van der Waals surface area contributed by atoms with E-state index >= 15 is 0 Å². The molecule has 0 unspecified atom stereocenters. The summed E-state index contributed by atoms with van der Waals surface area (Å²) in [5.74, 6) is 0. The van der Waals surface area contributed by atoms with Crippen molar-refractivity contribution in [3.05, 3.63) is 23.8 Å². The highest BCUT2D eigenvalue weighted by Gasteiger charge is 2.11. The van der Waals surface area contributed by atoms with Gasteiger partial charge in [-0.1, -0.05) is 0 Å². The van der Waals surface area contributed by atoms with Crippen LogP contribution in [0, 0.1) is 6.92 Å². The number of aryl methyl sites for hydroxylation is 1. The monoisotopic (exact) mass is 193 g/mol. The Kier molecular flexibility index (Phi) is 3.06. The highest BCUT2D eigenvalue weighted by Crippen LogP contribution is 2.03. The minimum absolute atomic E-state index is 0.833. The molecule has 4 heteroatoms. The summed E-state index contributed by atoms with van der Waals surface area (Å²) in [6.45, 7) is 6.51. The molecule has 0 bridgehead atoms. The van der Waals surface area contributed by atoms with E-state index in [-0.39, 0.29) is 0 Å². The van der Waals surface area contributed by atoms with E-state index in [2.05, 4.69) is 14.9 Å². The van der Waals surface area contributed by atoms with Crippen molar-refractivity contribution in [2.24, 2.45) is 0 Å². The van der Waals surface area contributed by atoms with E-state index in [9.17, 15) is 0 Å². The molecule has 0 atom stereocenters. The van der Waals surface area contributed by atoms with Crippen molar-refractivity contribution in [3.8, 4) is 0 Å². The van der Waals surface area contributed by atoms with Gasteiger partial charge in [-0.2, -0.15) is 0 Å². The molecule has 0 aromatic carbocycles. The first-order valence-corrected chi connectivity index (χ1v) is 4.92. The fourth-order valence-electron chi connectivity index (χ4n) is 1.58. The van der Waals surface area contributed by atoms with Crippen molar-refractivity contribution >= 4 is 0 Å². The average Bonchev–Trinajstić information content (AvgIpc) is 2.19. The average molecular weight is 193 g/mol. The topological polar surface area (TPSA) is 38.2 Å². The van der Waals surface area contributed by atoms with Crippen LogP contribution in [0.5, 0.6) is 0 Å². The first-order chi connectivity index (χ1) is 6.84. The van der Waals surface area contributed by atoms with Gasteiger partial charge in [0.2, 0.25) is 0 Å². The largest absolute Gasteiger partial charge is 0.379 e.